The Labute approximate surface area is 153 Å². The van der Waals surface area contributed by atoms with E-state index >= 15 is 0 Å². The monoisotopic (exact) mass is 444 g/mol. The molecule has 13 heteroatoms. The van der Waals surface area contributed by atoms with E-state index < -0.39 is 21.3 Å². The first-order valence-electron chi connectivity index (χ1n) is 7.22. The molecule has 3 aromatic rings. The standard InChI is InChI=1S/C13H10BrFN6O4S/c14-8-3-7(1-2-9(8)15)21-12(20-24-13(21)22)10-11(19-25-18-10)17-6-4-26(16,23)5-6/h1-3,6,16H,4-5H2,(H,17,19). The van der Waals surface area contributed by atoms with Gasteiger partial charge in [0.15, 0.2) is 5.69 Å². The zero-order valence-electron chi connectivity index (χ0n) is 12.8. The van der Waals surface area contributed by atoms with Crippen LogP contribution in [0.2, 0.25) is 0 Å². The number of nitrogens with one attached hydrogen (secondary N) is 2. The molecular weight excluding hydrogens is 435 g/mol. The summed E-state index contributed by atoms with van der Waals surface area (Å²) in [4.78, 5) is 12.1. The molecule has 0 spiro atoms. The topological polar surface area (TPSA) is 140 Å². The molecule has 1 aliphatic rings. The van der Waals surface area contributed by atoms with Gasteiger partial charge < -0.3 is 5.32 Å². The van der Waals surface area contributed by atoms with Gasteiger partial charge in [0.05, 0.1) is 27.7 Å². The van der Waals surface area contributed by atoms with Crippen LogP contribution in [0.1, 0.15) is 0 Å². The van der Waals surface area contributed by atoms with Crippen molar-refractivity contribution in [1.82, 2.24) is 20.0 Å². The van der Waals surface area contributed by atoms with E-state index in [4.69, 9.17) is 13.9 Å². The molecular formula is C13H10BrFN6O4S. The van der Waals surface area contributed by atoms with Crippen LogP contribution in [0.5, 0.6) is 0 Å². The first-order chi connectivity index (χ1) is 12.3. The molecule has 10 nitrogen and oxygen atoms in total. The summed E-state index contributed by atoms with van der Waals surface area (Å²) >= 11 is 3.06. The molecule has 4 rings (SSSR count). The number of anilines is 1. The van der Waals surface area contributed by atoms with Gasteiger partial charge in [-0.25, -0.2) is 22.6 Å². The van der Waals surface area contributed by atoms with Crippen LogP contribution in [0.15, 0.2) is 36.6 Å². The average molecular weight is 445 g/mol. The smallest absolute Gasteiger partial charge is 0.361 e. The fourth-order valence-electron chi connectivity index (χ4n) is 2.56. The minimum atomic E-state index is -2.54. The summed E-state index contributed by atoms with van der Waals surface area (Å²) in [5.74, 6) is -0.762. The minimum Gasteiger partial charge on any atom is -0.361 e. The molecule has 3 heterocycles. The maximum absolute atomic E-state index is 13.5. The molecule has 0 bridgehead atoms. The number of hydrogen-bond acceptors (Lipinski definition) is 9. The third kappa shape index (κ3) is 2.92. The minimum absolute atomic E-state index is 0.00295. The van der Waals surface area contributed by atoms with Crippen LogP contribution >= 0.6 is 15.9 Å². The molecule has 1 aliphatic heterocycles. The second kappa shape index (κ2) is 6.02. The number of halogens is 2. The Morgan fingerprint density at radius 2 is 2.12 bits per heavy atom. The highest BCUT2D eigenvalue weighted by atomic mass is 79.9. The van der Waals surface area contributed by atoms with Crippen LogP contribution in [-0.4, -0.2) is 41.8 Å². The van der Waals surface area contributed by atoms with Crippen LogP contribution in [-0.2, 0) is 9.73 Å². The number of nitrogens with zero attached hydrogens (tertiary/aromatic N) is 4. The SMILES string of the molecule is N=S1(=O)CC(Nc2nonc2-c2noc(=O)n2-c2ccc(F)c(Br)c2)C1. The summed E-state index contributed by atoms with van der Waals surface area (Å²) in [6, 6.07) is 3.73. The molecule has 26 heavy (non-hydrogen) atoms. The lowest BCUT2D eigenvalue weighted by atomic mass is 10.3. The number of rotatable bonds is 4. The van der Waals surface area contributed by atoms with Crippen LogP contribution in [0.3, 0.4) is 0 Å². The molecule has 0 unspecified atom stereocenters. The normalized spacial score (nSPS) is 22.2. The van der Waals surface area contributed by atoms with Gasteiger partial charge in [-0.3, -0.25) is 9.30 Å². The number of hydrogen-bond donors (Lipinski definition) is 2. The molecule has 0 atom stereocenters. The Morgan fingerprint density at radius 1 is 1.35 bits per heavy atom. The molecule has 0 saturated carbocycles. The summed E-state index contributed by atoms with van der Waals surface area (Å²) in [5, 5.41) is 14.1. The fraction of sp³-hybridized carbons (Fsp3) is 0.231. The van der Waals surface area contributed by atoms with Gasteiger partial charge in [-0.2, -0.15) is 0 Å². The Morgan fingerprint density at radius 3 is 2.81 bits per heavy atom. The van der Waals surface area contributed by atoms with Crippen LogP contribution in [0.4, 0.5) is 10.2 Å². The second-order valence-electron chi connectivity index (χ2n) is 5.65. The average Bonchev–Trinajstić information content (AvgIpc) is 3.14. The summed E-state index contributed by atoms with van der Waals surface area (Å²) < 4.78 is 43.1. The maximum Gasteiger partial charge on any atom is 0.446 e. The number of aromatic nitrogens is 4. The van der Waals surface area contributed by atoms with Crippen molar-refractivity contribution in [3.8, 4) is 17.2 Å². The summed E-state index contributed by atoms with van der Waals surface area (Å²) in [7, 11) is -2.54. The van der Waals surface area contributed by atoms with Crippen molar-refractivity contribution in [2.24, 2.45) is 0 Å². The first kappa shape index (κ1) is 16.9. The maximum atomic E-state index is 13.5. The Bertz CT molecular complexity index is 1140. The van der Waals surface area contributed by atoms with E-state index in [-0.39, 0.29) is 39.4 Å². The largest absolute Gasteiger partial charge is 0.446 e. The van der Waals surface area contributed by atoms with Crippen LogP contribution in [0.25, 0.3) is 17.2 Å². The fourth-order valence-corrected chi connectivity index (χ4v) is 4.29. The lowest BCUT2D eigenvalue weighted by molar-refractivity contribution is 0.309. The lowest BCUT2D eigenvalue weighted by Gasteiger charge is -2.28. The van der Waals surface area contributed by atoms with E-state index in [0.29, 0.717) is 5.69 Å². The van der Waals surface area contributed by atoms with Gasteiger partial charge in [0.25, 0.3) is 0 Å². The van der Waals surface area contributed by atoms with E-state index in [1.807, 2.05) is 0 Å². The summed E-state index contributed by atoms with van der Waals surface area (Å²) in [5.41, 5.74) is 0.394. The van der Waals surface area contributed by atoms with Crippen molar-refractivity contribution >= 4 is 31.5 Å². The highest BCUT2D eigenvalue weighted by Crippen LogP contribution is 2.27. The molecule has 0 aliphatic carbocycles. The van der Waals surface area contributed by atoms with E-state index in [9.17, 15) is 13.4 Å². The van der Waals surface area contributed by atoms with Crippen molar-refractivity contribution in [3.63, 3.8) is 0 Å². The van der Waals surface area contributed by atoms with Crippen LogP contribution < -0.4 is 11.1 Å². The Kier molecular flexibility index (Phi) is 3.91. The van der Waals surface area contributed by atoms with E-state index in [0.717, 1.165) is 4.57 Å². The van der Waals surface area contributed by atoms with Gasteiger partial charge in [-0.1, -0.05) is 5.16 Å². The van der Waals surface area contributed by atoms with Crippen molar-refractivity contribution in [2.75, 3.05) is 16.8 Å². The molecule has 2 aromatic heterocycles. The van der Waals surface area contributed by atoms with Crippen molar-refractivity contribution in [1.29, 1.82) is 4.78 Å². The van der Waals surface area contributed by atoms with Crippen molar-refractivity contribution in [3.05, 3.63) is 39.0 Å². The van der Waals surface area contributed by atoms with Gasteiger partial charge >= 0.3 is 5.76 Å². The first-order valence-corrected chi connectivity index (χ1v) is 9.91. The third-order valence-corrected chi connectivity index (χ3v) is 6.24. The Hall–Kier alpha value is -2.54. The zero-order chi connectivity index (χ0) is 18.5. The molecule has 136 valence electrons. The van der Waals surface area contributed by atoms with E-state index in [1.54, 1.807) is 0 Å². The van der Waals surface area contributed by atoms with Gasteiger partial charge in [0.1, 0.15) is 5.82 Å². The van der Waals surface area contributed by atoms with Gasteiger partial charge in [0, 0.05) is 9.73 Å². The van der Waals surface area contributed by atoms with Crippen molar-refractivity contribution in [2.45, 2.75) is 6.04 Å². The van der Waals surface area contributed by atoms with Crippen molar-refractivity contribution < 1.29 is 17.8 Å². The molecule has 1 saturated heterocycles. The van der Waals surface area contributed by atoms with Gasteiger partial charge in [-0.15, -0.1) is 0 Å². The van der Waals surface area contributed by atoms with Gasteiger partial charge in [-0.05, 0) is 44.4 Å². The molecule has 0 amide bonds. The summed E-state index contributed by atoms with van der Waals surface area (Å²) in [6.07, 6.45) is 0. The molecule has 0 radical (unpaired) electrons. The van der Waals surface area contributed by atoms with E-state index in [1.165, 1.54) is 18.2 Å². The highest BCUT2D eigenvalue weighted by Gasteiger charge is 2.32. The van der Waals surface area contributed by atoms with Crippen LogP contribution in [0, 0.1) is 10.6 Å². The quantitative estimate of drug-likeness (QED) is 0.618. The second-order valence-corrected chi connectivity index (χ2v) is 8.80. The molecule has 1 fully saturated rings. The van der Waals surface area contributed by atoms with E-state index in [2.05, 4.69) is 36.7 Å². The number of benzene rings is 1. The predicted octanol–water partition coefficient (Wildman–Crippen LogP) is 1.62. The summed E-state index contributed by atoms with van der Waals surface area (Å²) in [6.45, 7) is 0. The highest BCUT2D eigenvalue weighted by molar-refractivity contribution is 9.10. The zero-order valence-corrected chi connectivity index (χ0v) is 15.2. The molecule has 2 N–H and O–H groups in total. The third-order valence-electron chi connectivity index (χ3n) is 3.75. The van der Waals surface area contributed by atoms with Gasteiger partial charge in [0.2, 0.25) is 11.6 Å². The lowest BCUT2D eigenvalue weighted by Crippen LogP contribution is -2.46. The predicted molar refractivity (Wildman–Crippen MR) is 91.1 cm³/mol. The molecule has 1 aromatic carbocycles. The Balaban J connectivity index is 1.73.